The molecular formula is C19H18N2O3S. The number of para-hydroxylation sites is 1. The lowest BCUT2D eigenvalue weighted by atomic mass is 10.2. The second kappa shape index (κ2) is 7.21. The molecule has 3 heterocycles. The zero-order valence-corrected chi connectivity index (χ0v) is 14.4. The van der Waals surface area contributed by atoms with Gasteiger partial charge in [-0.3, -0.25) is 0 Å². The fourth-order valence-electron chi connectivity index (χ4n) is 2.86. The van der Waals surface area contributed by atoms with Crippen LogP contribution in [0.25, 0.3) is 16.3 Å². The van der Waals surface area contributed by atoms with Gasteiger partial charge in [0.2, 0.25) is 0 Å². The molecule has 3 aromatic rings. The van der Waals surface area contributed by atoms with Gasteiger partial charge in [0, 0.05) is 12.7 Å². The van der Waals surface area contributed by atoms with Gasteiger partial charge in [0.05, 0.1) is 16.7 Å². The average Bonchev–Trinajstić information content (AvgIpc) is 3.41. The molecule has 1 aromatic carbocycles. The van der Waals surface area contributed by atoms with E-state index in [1.807, 2.05) is 47.8 Å². The lowest BCUT2D eigenvalue weighted by molar-refractivity contribution is 0.0154. The molecule has 0 saturated carbocycles. The molecule has 1 fully saturated rings. The van der Waals surface area contributed by atoms with Crippen LogP contribution in [0.3, 0.4) is 0 Å². The number of nitrogens with zero attached hydrogens (tertiary/aromatic N) is 2. The molecule has 0 amide bonds. The van der Waals surface area contributed by atoms with Gasteiger partial charge >= 0.3 is 5.97 Å². The summed E-state index contributed by atoms with van der Waals surface area (Å²) >= 11 is 1.59. The predicted octanol–water partition coefficient (Wildman–Crippen LogP) is 3.94. The van der Waals surface area contributed by atoms with Gasteiger partial charge in [-0.2, -0.15) is 5.10 Å². The topological polar surface area (TPSA) is 53.4 Å². The minimum Gasteiger partial charge on any atom is -0.458 e. The molecule has 1 saturated heterocycles. The van der Waals surface area contributed by atoms with E-state index in [0.29, 0.717) is 5.69 Å². The Bertz CT molecular complexity index is 837. The Balaban J connectivity index is 1.63. The number of hydrogen-bond acceptors (Lipinski definition) is 5. The lowest BCUT2D eigenvalue weighted by Gasteiger charge is -2.11. The summed E-state index contributed by atoms with van der Waals surface area (Å²) in [5, 5.41) is 6.61. The molecule has 1 atom stereocenters. The first-order valence-electron chi connectivity index (χ1n) is 8.29. The van der Waals surface area contributed by atoms with E-state index in [2.05, 4.69) is 5.10 Å². The van der Waals surface area contributed by atoms with Gasteiger partial charge in [-0.05, 0) is 36.4 Å². The van der Waals surface area contributed by atoms with Crippen molar-refractivity contribution in [1.29, 1.82) is 0 Å². The van der Waals surface area contributed by atoms with Crippen molar-refractivity contribution in [1.82, 2.24) is 9.78 Å². The number of esters is 1. The SMILES string of the molecule is O=C(OC[C@@H]1CCCO1)c1cc(-c2cccs2)nn1-c1ccccc1. The zero-order valence-electron chi connectivity index (χ0n) is 13.6. The first-order chi connectivity index (χ1) is 12.3. The fraction of sp³-hybridized carbons (Fsp3) is 0.263. The van der Waals surface area contributed by atoms with E-state index in [4.69, 9.17) is 9.47 Å². The first-order valence-corrected chi connectivity index (χ1v) is 9.17. The van der Waals surface area contributed by atoms with Crippen LogP contribution >= 0.6 is 11.3 Å². The molecule has 0 aliphatic carbocycles. The van der Waals surface area contributed by atoms with E-state index in [0.717, 1.165) is 35.7 Å². The number of ether oxygens (including phenoxy) is 2. The molecule has 6 heteroatoms. The molecule has 2 aromatic heterocycles. The number of hydrogen-bond donors (Lipinski definition) is 0. The molecule has 0 radical (unpaired) electrons. The first kappa shape index (κ1) is 16.1. The summed E-state index contributed by atoms with van der Waals surface area (Å²) in [5.74, 6) is -0.380. The quantitative estimate of drug-likeness (QED) is 0.651. The Morgan fingerprint density at radius 1 is 1.28 bits per heavy atom. The van der Waals surface area contributed by atoms with Gasteiger partial charge in [-0.25, -0.2) is 9.48 Å². The van der Waals surface area contributed by atoms with Crippen LogP contribution in [0.2, 0.25) is 0 Å². The fourth-order valence-corrected chi connectivity index (χ4v) is 3.54. The number of thiophene rings is 1. The number of carbonyl (C=O) groups is 1. The third kappa shape index (κ3) is 3.50. The van der Waals surface area contributed by atoms with Crippen LogP contribution in [-0.2, 0) is 9.47 Å². The maximum Gasteiger partial charge on any atom is 0.357 e. The summed E-state index contributed by atoms with van der Waals surface area (Å²) in [6, 6.07) is 15.4. The summed E-state index contributed by atoms with van der Waals surface area (Å²) in [6.45, 7) is 1.03. The molecule has 0 spiro atoms. The standard InChI is InChI=1S/C19H18N2O3S/c22-19(24-13-15-8-4-10-23-15)17-12-16(18-9-5-11-25-18)20-21(17)14-6-2-1-3-7-14/h1-3,5-7,9,11-12,15H,4,8,10,13H2/t15-/m0/s1. The van der Waals surface area contributed by atoms with Gasteiger partial charge in [0.25, 0.3) is 0 Å². The summed E-state index contributed by atoms with van der Waals surface area (Å²) in [6.07, 6.45) is 1.96. The highest BCUT2D eigenvalue weighted by Crippen LogP contribution is 2.26. The minimum absolute atomic E-state index is 0.00816. The van der Waals surface area contributed by atoms with E-state index in [-0.39, 0.29) is 18.7 Å². The van der Waals surface area contributed by atoms with Gasteiger partial charge in [-0.15, -0.1) is 11.3 Å². The van der Waals surface area contributed by atoms with Crippen molar-refractivity contribution < 1.29 is 14.3 Å². The monoisotopic (exact) mass is 354 g/mol. The highest BCUT2D eigenvalue weighted by molar-refractivity contribution is 7.13. The highest BCUT2D eigenvalue weighted by Gasteiger charge is 2.22. The number of carbonyl (C=O) groups excluding carboxylic acids is 1. The van der Waals surface area contributed by atoms with Crippen molar-refractivity contribution >= 4 is 17.3 Å². The third-order valence-electron chi connectivity index (χ3n) is 4.12. The van der Waals surface area contributed by atoms with Crippen molar-refractivity contribution in [3.63, 3.8) is 0 Å². The van der Waals surface area contributed by atoms with E-state index in [1.54, 1.807) is 22.1 Å². The van der Waals surface area contributed by atoms with Crippen molar-refractivity contribution in [2.24, 2.45) is 0 Å². The van der Waals surface area contributed by atoms with Crippen LogP contribution in [0.4, 0.5) is 0 Å². The van der Waals surface area contributed by atoms with E-state index in [9.17, 15) is 4.79 Å². The minimum atomic E-state index is -0.380. The largest absolute Gasteiger partial charge is 0.458 e. The van der Waals surface area contributed by atoms with Crippen LogP contribution < -0.4 is 0 Å². The summed E-state index contributed by atoms with van der Waals surface area (Å²) in [4.78, 5) is 13.7. The second-order valence-corrected chi connectivity index (χ2v) is 6.82. The Hall–Kier alpha value is -2.44. The second-order valence-electron chi connectivity index (χ2n) is 5.87. The van der Waals surface area contributed by atoms with Crippen LogP contribution in [0.5, 0.6) is 0 Å². The van der Waals surface area contributed by atoms with Crippen LogP contribution in [0.15, 0.2) is 53.9 Å². The molecular weight excluding hydrogens is 336 g/mol. The Labute approximate surface area is 149 Å². The lowest BCUT2D eigenvalue weighted by Crippen LogP contribution is -2.19. The summed E-state index contributed by atoms with van der Waals surface area (Å²) in [7, 11) is 0. The third-order valence-corrected chi connectivity index (χ3v) is 5.01. The molecule has 128 valence electrons. The van der Waals surface area contributed by atoms with Crippen molar-refractivity contribution in [3.8, 4) is 16.3 Å². The van der Waals surface area contributed by atoms with Crippen molar-refractivity contribution in [2.75, 3.05) is 13.2 Å². The molecule has 5 nitrogen and oxygen atoms in total. The van der Waals surface area contributed by atoms with Crippen LogP contribution in [0.1, 0.15) is 23.3 Å². The van der Waals surface area contributed by atoms with Gasteiger partial charge < -0.3 is 9.47 Å². The molecule has 1 aliphatic rings. The number of benzene rings is 1. The summed E-state index contributed by atoms with van der Waals surface area (Å²) in [5.41, 5.74) is 2.02. The zero-order chi connectivity index (χ0) is 17.1. The molecule has 4 rings (SSSR count). The average molecular weight is 354 g/mol. The molecule has 0 N–H and O–H groups in total. The van der Waals surface area contributed by atoms with Gasteiger partial charge in [0.1, 0.15) is 12.3 Å². The van der Waals surface area contributed by atoms with E-state index in [1.165, 1.54) is 0 Å². The van der Waals surface area contributed by atoms with E-state index >= 15 is 0 Å². The smallest absolute Gasteiger partial charge is 0.357 e. The Morgan fingerprint density at radius 3 is 2.88 bits per heavy atom. The molecule has 1 aliphatic heterocycles. The highest BCUT2D eigenvalue weighted by atomic mass is 32.1. The molecule has 0 unspecified atom stereocenters. The van der Waals surface area contributed by atoms with Crippen molar-refractivity contribution in [2.45, 2.75) is 18.9 Å². The van der Waals surface area contributed by atoms with Crippen LogP contribution in [-0.4, -0.2) is 35.1 Å². The van der Waals surface area contributed by atoms with Gasteiger partial charge in [-0.1, -0.05) is 24.3 Å². The van der Waals surface area contributed by atoms with Crippen molar-refractivity contribution in [3.05, 3.63) is 59.6 Å². The predicted molar refractivity (Wildman–Crippen MR) is 96.1 cm³/mol. The number of aromatic nitrogens is 2. The Kier molecular flexibility index (Phi) is 4.63. The van der Waals surface area contributed by atoms with E-state index < -0.39 is 0 Å². The Morgan fingerprint density at radius 2 is 2.16 bits per heavy atom. The molecule has 25 heavy (non-hydrogen) atoms. The maximum atomic E-state index is 12.6. The molecule has 0 bridgehead atoms. The van der Waals surface area contributed by atoms with Crippen LogP contribution in [0, 0.1) is 0 Å². The maximum absolute atomic E-state index is 12.6. The summed E-state index contributed by atoms with van der Waals surface area (Å²) < 4.78 is 12.6. The number of rotatable bonds is 5. The van der Waals surface area contributed by atoms with Gasteiger partial charge in [0.15, 0.2) is 5.69 Å². The normalized spacial score (nSPS) is 16.9.